The van der Waals surface area contributed by atoms with Gasteiger partial charge in [-0.15, -0.1) is 0 Å². The Kier molecular flexibility index (Phi) is 5.74. The van der Waals surface area contributed by atoms with E-state index in [1.165, 1.54) is 0 Å². The van der Waals surface area contributed by atoms with Crippen LogP contribution in [0.15, 0.2) is 36.7 Å². The Bertz CT molecular complexity index is 505. The van der Waals surface area contributed by atoms with Crippen molar-refractivity contribution in [2.24, 2.45) is 7.05 Å². The van der Waals surface area contributed by atoms with E-state index in [0.29, 0.717) is 16.5 Å². The van der Waals surface area contributed by atoms with Crippen molar-refractivity contribution in [1.29, 1.82) is 0 Å². The van der Waals surface area contributed by atoms with E-state index >= 15 is 0 Å². The lowest BCUT2D eigenvalue weighted by molar-refractivity contribution is -0.671. The van der Waals surface area contributed by atoms with Crippen LogP contribution in [0.1, 0.15) is 11.1 Å². The third-order valence-electron chi connectivity index (χ3n) is 2.53. The monoisotopic (exact) mass is 321 g/mol. The average Bonchev–Trinajstić information content (AvgIpc) is 2.25. The highest BCUT2D eigenvalue weighted by Crippen LogP contribution is 2.25. The van der Waals surface area contributed by atoms with Crippen molar-refractivity contribution in [2.75, 3.05) is 0 Å². The molecule has 0 atom stereocenters. The Morgan fingerprint density at radius 3 is 2.28 bits per heavy atom. The van der Waals surface area contributed by atoms with E-state index in [1.807, 2.05) is 42.2 Å². The first-order valence-corrected chi connectivity index (χ1v) is 6.27. The number of benzene rings is 1. The van der Waals surface area contributed by atoms with Gasteiger partial charge in [0, 0.05) is 22.5 Å². The predicted molar refractivity (Wildman–Crippen MR) is 71.9 cm³/mol. The first-order valence-electron chi connectivity index (χ1n) is 5.14. The smallest absolute Gasteiger partial charge is 0.187 e. The van der Waals surface area contributed by atoms with Crippen LogP contribution in [-0.2, 0) is 13.5 Å². The van der Waals surface area contributed by atoms with Gasteiger partial charge in [-0.2, -0.15) is 0 Å². The minimum atomic E-state index is 0. The molecule has 0 aliphatic carbocycles. The molecule has 0 saturated carbocycles. The predicted octanol–water partition coefficient (Wildman–Crippen LogP) is 1.07. The van der Waals surface area contributed by atoms with Gasteiger partial charge in [0.1, 0.15) is 12.1 Å². The topological polar surface area (TPSA) is 3.88 Å². The molecule has 18 heavy (non-hydrogen) atoms. The molecule has 0 saturated heterocycles. The van der Waals surface area contributed by atoms with Crippen molar-refractivity contribution in [3.8, 4) is 0 Å². The number of rotatable bonds is 2. The lowest BCUT2D eigenvalue weighted by Crippen LogP contribution is -3.00. The third kappa shape index (κ3) is 3.76. The summed E-state index contributed by atoms with van der Waals surface area (Å²) >= 11 is 18.2. The van der Waals surface area contributed by atoms with Crippen LogP contribution in [0.3, 0.4) is 0 Å². The first-order chi connectivity index (χ1) is 8.06. The lowest BCUT2D eigenvalue weighted by atomic mass is 10.1. The fraction of sp³-hybridized carbons (Fsp3) is 0.154. The summed E-state index contributed by atoms with van der Waals surface area (Å²) in [4.78, 5) is 0. The van der Waals surface area contributed by atoms with Crippen molar-refractivity contribution < 1.29 is 17.0 Å². The molecule has 0 aliphatic rings. The van der Waals surface area contributed by atoms with E-state index in [-0.39, 0.29) is 12.4 Å². The molecule has 1 nitrogen and oxygen atoms in total. The minimum Gasteiger partial charge on any atom is -1.00 e. The van der Waals surface area contributed by atoms with Crippen molar-refractivity contribution >= 4 is 34.8 Å². The zero-order valence-electron chi connectivity index (χ0n) is 9.63. The average molecular weight is 323 g/mol. The van der Waals surface area contributed by atoms with Crippen molar-refractivity contribution in [1.82, 2.24) is 0 Å². The summed E-state index contributed by atoms with van der Waals surface area (Å²) in [6.07, 6.45) is 4.54. The van der Waals surface area contributed by atoms with Crippen LogP contribution < -0.4 is 17.0 Å². The van der Waals surface area contributed by atoms with Crippen LogP contribution in [0, 0.1) is 0 Å². The zero-order valence-corrected chi connectivity index (χ0v) is 12.7. The van der Waals surface area contributed by atoms with Crippen LogP contribution in [0.25, 0.3) is 0 Å². The summed E-state index contributed by atoms with van der Waals surface area (Å²) in [5.74, 6) is 0. The summed E-state index contributed by atoms with van der Waals surface area (Å²) in [5, 5.41) is 2.05. The largest absolute Gasteiger partial charge is 1.00 e. The van der Waals surface area contributed by atoms with E-state index in [9.17, 15) is 0 Å². The van der Waals surface area contributed by atoms with Crippen molar-refractivity contribution in [2.45, 2.75) is 6.42 Å². The Balaban J connectivity index is 0.00000162. The molecule has 0 spiro atoms. The number of halogens is 4. The van der Waals surface area contributed by atoms with Crippen molar-refractivity contribution in [3.63, 3.8) is 0 Å². The Morgan fingerprint density at radius 2 is 1.67 bits per heavy atom. The normalized spacial score (nSPS) is 10.0. The van der Waals surface area contributed by atoms with Gasteiger partial charge in [0.05, 0.1) is 0 Å². The molecular formula is C13H11Cl4N. The Morgan fingerprint density at radius 1 is 1.00 bits per heavy atom. The molecule has 0 fully saturated rings. The van der Waals surface area contributed by atoms with E-state index in [4.69, 9.17) is 34.8 Å². The summed E-state index contributed by atoms with van der Waals surface area (Å²) < 4.78 is 1.91. The lowest BCUT2D eigenvalue weighted by Gasteiger charge is -2.05. The molecule has 0 bridgehead atoms. The summed E-state index contributed by atoms with van der Waals surface area (Å²) in [6, 6.07) is 7.50. The van der Waals surface area contributed by atoms with Gasteiger partial charge in [-0.1, -0.05) is 40.9 Å². The van der Waals surface area contributed by atoms with Gasteiger partial charge in [0.2, 0.25) is 0 Å². The summed E-state index contributed by atoms with van der Waals surface area (Å²) in [7, 11) is 1.94. The minimum absolute atomic E-state index is 0. The molecule has 2 rings (SSSR count). The van der Waals surface area contributed by atoms with Crippen LogP contribution >= 0.6 is 34.8 Å². The molecule has 0 radical (unpaired) electrons. The molecule has 0 aliphatic heterocycles. The Hall–Kier alpha value is -0.470. The maximum Gasteiger partial charge on any atom is 0.187 e. The van der Waals surface area contributed by atoms with E-state index in [2.05, 4.69) is 0 Å². The molecule has 0 unspecified atom stereocenters. The van der Waals surface area contributed by atoms with Gasteiger partial charge in [-0.3, -0.25) is 0 Å². The molecule has 2 aromatic rings. The van der Waals surface area contributed by atoms with Crippen molar-refractivity contribution in [3.05, 3.63) is 62.9 Å². The SMILES string of the molecule is C[n+]1ccc(Cc2ccc(Cl)cc2Cl)c(Cl)c1.[Cl-]. The van der Waals surface area contributed by atoms with Gasteiger partial charge in [0.25, 0.3) is 0 Å². The van der Waals surface area contributed by atoms with Gasteiger partial charge in [-0.25, -0.2) is 4.57 Å². The number of aromatic nitrogens is 1. The van der Waals surface area contributed by atoms with Crippen LogP contribution in [0.5, 0.6) is 0 Å². The fourth-order valence-electron chi connectivity index (χ4n) is 1.61. The fourth-order valence-corrected chi connectivity index (χ4v) is 2.36. The molecule has 0 amide bonds. The molecule has 1 aromatic heterocycles. The summed E-state index contributed by atoms with van der Waals surface area (Å²) in [6.45, 7) is 0. The van der Waals surface area contributed by atoms with E-state index in [1.54, 1.807) is 6.07 Å². The number of hydrogen-bond acceptors (Lipinski definition) is 0. The number of aryl methyl sites for hydroxylation is 1. The van der Waals surface area contributed by atoms with Crippen LogP contribution in [-0.4, -0.2) is 0 Å². The maximum absolute atomic E-state index is 6.17. The standard InChI is InChI=1S/C13H11Cl3N.ClH/c1-17-5-4-10(13(16)8-17)6-9-2-3-11(14)7-12(9)15;/h2-5,7-8H,6H2,1H3;1H/q+1;/p-1. The highest BCUT2D eigenvalue weighted by atomic mass is 35.5. The van der Waals surface area contributed by atoms with E-state index in [0.717, 1.165) is 16.1 Å². The quantitative estimate of drug-likeness (QED) is 0.728. The van der Waals surface area contributed by atoms with E-state index < -0.39 is 0 Å². The van der Waals surface area contributed by atoms with Crippen LogP contribution in [0.2, 0.25) is 15.1 Å². The second kappa shape index (κ2) is 6.63. The molecule has 5 heteroatoms. The number of hydrogen-bond donors (Lipinski definition) is 0. The summed E-state index contributed by atoms with van der Waals surface area (Å²) in [5.41, 5.74) is 2.07. The number of pyridine rings is 1. The second-order valence-corrected chi connectivity index (χ2v) is 5.15. The van der Waals surface area contributed by atoms with Gasteiger partial charge in [0.15, 0.2) is 12.4 Å². The molecule has 1 heterocycles. The van der Waals surface area contributed by atoms with Crippen LogP contribution in [0.4, 0.5) is 0 Å². The molecule has 0 N–H and O–H groups in total. The Labute approximate surface area is 128 Å². The highest BCUT2D eigenvalue weighted by molar-refractivity contribution is 6.35. The van der Waals surface area contributed by atoms with Gasteiger partial charge >= 0.3 is 0 Å². The zero-order chi connectivity index (χ0) is 12.4. The first kappa shape index (κ1) is 15.6. The second-order valence-electron chi connectivity index (χ2n) is 3.90. The molecule has 96 valence electrons. The van der Waals surface area contributed by atoms with Gasteiger partial charge < -0.3 is 12.4 Å². The highest BCUT2D eigenvalue weighted by Gasteiger charge is 2.08. The maximum atomic E-state index is 6.17. The molecule has 1 aromatic carbocycles. The number of nitrogens with zero attached hydrogens (tertiary/aromatic N) is 1. The van der Waals surface area contributed by atoms with Gasteiger partial charge in [-0.05, 0) is 23.3 Å². The molecular weight excluding hydrogens is 312 g/mol. The third-order valence-corrected chi connectivity index (χ3v) is 3.46.